The molecule has 0 aliphatic rings. The van der Waals surface area contributed by atoms with E-state index in [-0.39, 0.29) is 0 Å². The molecule has 0 rings (SSSR count). The van der Waals surface area contributed by atoms with Gasteiger partial charge in [0.25, 0.3) is 0 Å². The lowest BCUT2D eigenvalue weighted by molar-refractivity contribution is 0.262. The lowest BCUT2D eigenvalue weighted by atomic mass is 10.2. The lowest BCUT2D eigenvalue weighted by Crippen LogP contribution is -2.18. The van der Waals surface area contributed by atoms with Crippen molar-refractivity contribution in [2.45, 2.75) is 13.8 Å². The molecule has 4 nitrogen and oxygen atoms in total. The molecular weight excluding hydrogens is 165 g/mol. The average Bonchev–Trinajstić information content (AvgIpc) is 2.00. The summed E-state index contributed by atoms with van der Waals surface area (Å²) in [7, 11) is -0.268. The van der Waals surface area contributed by atoms with Crippen molar-refractivity contribution in [1.82, 2.24) is 5.09 Å². The van der Waals surface area contributed by atoms with E-state index in [0.29, 0.717) is 12.5 Å². The Balaban J connectivity index is 3.79. The molecule has 0 spiro atoms. The van der Waals surface area contributed by atoms with Gasteiger partial charge in [0.1, 0.15) is 0 Å². The summed E-state index contributed by atoms with van der Waals surface area (Å²) in [6, 6.07) is 0. The fourth-order valence-corrected chi connectivity index (χ4v) is 1.49. The van der Waals surface area contributed by atoms with Gasteiger partial charge in [-0.1, -0.05) is 13.8 Å². The van der Waals surface area contributed by atoms with E-state index in [4.69, 9.17) is 0 Å². The van der Waals surface area contributed by atoms with E-state index in [9.17, 15) is 4.57 Å². The maximum Gasteiger partial charge on any atom is 0.404 e. The molecule has 0 unspecified atom stereocenters. The Morgan fingerprint density at radius 1 is 1.36 bits per heavy atom. The zero-order valence-electron chi connectivity index (χ0n) is 7.46. The molecular formula is C6H16NO3P. The fourth-order valence-electron chi connectivity index (χ4n) is 0.498. The van der Waals surface area contributed by atoms with Crippen LogP contribution in [0.3, 0.4) is 0 Å². The van der Waals surface area contributed by atoms with Gasteiger partial charge in [0.15, 0.2) is 0 Å². The van der Waals surface area contributed by atoms with Crippen LogP contribution in [0.4, 0.5) is 0 Å². The van der Waals surface area contributed by atoms with E-state index in [2.05, 4.69) is 14.1 Å². The van der Waals surface area contributed by atoms with Crippen LogP contribution in [0.1, 0.15) is 13.8 Å². The predicted octanol–water partition coefficient (Wildman–Crippen LogP) is 1.63. The van der Waals surface area contributed by atoms with Crippen molar-refractivity contribution < 1.29 is 13.6 Å². The molecule has 0 aromatic rings. The zero-order valence-corrected chi connectivity index (χ0v) is 8.35. The number of rotatable bonds is 5. The summed E-state index contributed by atoms with van der Waals surface area (Å²) in [5, 5.41) is 2.71. The van der Waals surface area contributed by atoms with E-state index >= 15 is 0 Å². The molecule has 0 fully saturated rings. The van der Waals surface area contributed by atoms with Crippen molar-refractivity contribution in [3.8, 4) is 0 Å². The highest BCUT2D eigenvalue weighted by atomic mass is 31.2. The van der Waals surface area contributed by atoms with E-state index in [1.807, 2.05) is 13.8 Å². The highest BCUT2D eigenvalue weighted by Crippen LogP contribution is 2.41. The summed E-state index contributed by atoms with van der Waals surface area (Å²) in [5.74, 6) is 0.425. The van der Waals surface area contributed by atoms with E-state index in [0.717, 1.165) is 0 Å². The van der Waals surface area contributed by atoms with Crippen LogP contribution in [0.25, 0.3) is 0 Å². The lowest BCUT2D eigenvalue weighted by Gasteiger charge is -2.15. The van der Waals surface area contributed by atoms with Gasteiger partial charge in [-0.15, -0.1) is 0 Å². The predicted molar refractivity (Wildman–Crippen MR) is 44.5 cm³/mol. The molecule has 0 atom stereocenters. The first-order valence-electron chi connectivity index (χ1n) is 3.50. The van der Waals surface area contributed by atoms with Crippen LogP contribution in [0.2, 0.25) is 0 Å². The molecule has 0 saturated heterocycles. The molecule has 5 heteroatoms. The minimum Gasteiger partial charge on any atom is -0.300 e. The zero-order chi connectivity index (χ0) is 8.91. The standard InChI is InChI=1S/C6H16NO3P/c1-6(2)5-7-11(8,9-3)10-4/h6H,5H2,1-4H3,(H,7,8). The first-order valence-corrected chi connectivity index (χ1v) is 5.05. The Morgan fingerprint density at radius 3 is 2.09 bits per heavy atom. The topological polar surface area (TPSA) is 47.6 Å². The van der Waals surface area contributed by atoms with Gasteiger partial charge in [-0.3, -0.25) is 0 Å². The van der Waals surface area contributed by atoms with Crippen LogP contribution in [0.15, 0.2) is 0 Å². The largest absolute Gasteiger partial charge is 0.404 e. The van der Waals surface area contributed by atoms with Gasteiger partial charge in [0.05, 0.1) is 0 Å². The minimum absolute atomic E-state index is 0.425. The van der Waals surface area contributed by atoms with Crippen LogP contribution < -0.4 is 5.09 Å². The summed E-state index contributed by atoms with van der Waals surface area (Å²) in [6.07, 6.45) is 0. The van der Waals surface area contributed by atoms with Crippen LogP contribution in [-0.4, -0.2) is 20.8 Å². The third-order valence-corrected chi connectivity index (χ3v) is 2.71. The number of hydrogen-bond acceptors (Lipinski definition) is 3. The Kier molecular flexibility index (Phi) is 4.93. The molecule has 0 saturated carbocycles. The smallest absolute Gasteiger partial charge is 0.300 e. The SMILES string of the molecule is COP(=O)(NCC(C)C)OC. The second-order valence-electron chi connectivity index (χ2n) is 2.62. The van der Waals surface area contributed by atoms with Crippen molar-refractivity contribution in [2.24, 2.45) is 5.92 Å². The molecule has 0 bridgehead atoms. The maximum atomic E-state index is 11.3. The Morgan fingerprint density at radius 2 is 1.82 bits per heavy atom. The molecule has 0 radical (unpaired) electrons. The molecule has 0 aromatic carbocycles. The van der Waals surface area contributed by atoms with E-state index in [1.165, 1.54) is 14.2 Å². The highest BCUT2D eigenvalue weighted by molar-refractivity contribution is 7.51. The van der Waals surface area contributed by atoms with Gasteiger partial charge >= 0.3 is 7.75 Å². The Bertz CT molecular complexity index is 141. The van der Waals surface area contributed by atoms with Crippen molar-refractivity contribution in [1.29, 1.82) is 0 Å². The average molecular weight is 181 g/mol. The third kappa shape index (κ3) is 4.53. The van der Waals surface area contributed by atoms with Gasteiger partial charge in [-0.05, 0) is 5.92 Å². The summed E-state index contributed by atoms with van der Waals surface area (Å²) in [6.45, 7) is 4.66. The first kappa shape index (κ1) is 11.1. The second-order valence-corrected chi connectivity index (χ2v) is 4.66. The van der Waals surface area contributed by atoms with Crippen molar-refractivity contribution in [3.05, 3.63) is 0 Å². The normalized spacial score (nSPS) is 12.5. The van der Waals surface area contributed by atoms with Crippen LogP contribution in [0, 0.1) is 5.92 Å². The molecule has 0 heterocycles. The maximum absolute atomic E-state index is 11.3. The second kappa shape index (κ2) is 4.88. The van der Waals surface area contributed by atoms with Gasteiger partial charge in [-0.25, -0.2) is 9.65 Å². The van der Waals surface area contributed by atoms with Crippen molar-refractivity contribution >= 4 is 7.75 Å². The van der Waals surface area contributed by atoms with Crippen molar-refractivity contribution in [2.75, 3.05) is 20.8 Å². The van der Waals surface area contributed by atoms with Crippen LogP contribution >= 0.6 is 7.75 Å². The third-order valence-electron chi connectivity index (χ3n) is 1.17. The molecule has 0 aromatic heterocycles. The van der Waals surface area contributed by atoms with Crippen LogP contribution in [0.5, 0.6) is 0 Å². The first-order chi connectivity index (χ1) is 5.04. The molecule has 1 N–H and O–H groups in total. The molecule has 0 aliphatic carbocycles. The molecule has 11 heavy (non-hydrogen) atoms. The number of hydrogen-bond donors (Lipinski definition) is 1. The summed E-state index contributed by atoms with van der Waals surface area (Å²) in [4.78, 5) is 0. The molecule has 0 amide bonds. The highest BCUT2D eigenvalue weighted by Gasteiger charge is 2.19. The van der Waals surface area contributed by atoms with Gasteiger partial charge < -0.3 is 9.05 Å². The van der Waals surface area contributed by atoms with E-state index in [1.54, 1.807) is 0 Å². The van der Waals surface area contributed by atoms with Gasteiger partial charge in [0.2, 0.25) is 0 Å². The minimum atomic E-state index is -2.99. The quantitative estimate of drug-likeness (QED) is 0.655. The number of nitrogens with one attached hydrogen (secondary N) is 1. The molecule has 68 valence electrons. The molecule has 0 aliphatic heterocycles. The summed E-state index contributed by atoms with van der Waals surface area (Å²) < 4.78 is 20.6. The van der Waals surface area contributed by atoms with Gasteiger partial charge in [-0.2, -0.15) is 0 Å². The van der Waals surface area contributed by atoms with Gasteiger partial charge in [0, 0.05) is 20.8 Å². The van der Waals surface area contributed by atoms with Crippen molar-refractivity contribution in [3.63, 3.8) is 0 Å². The van der Waals surface area contributed by atoms with E-state index < -0.39 is 7.75 Å². The monoisotopic (exact) mass is 181 g/mol. The Hall–Kier alpha value is 0.110. The summed E-state index contributed by atoms with van der Waals surface area (Å²) in [5.41, 5.74) is 0. The Labute approximate surface area is 67.9 Å². The summed E-state index contributed by atoms with van der Waals surface area (Å²) >= 11 is 0. The van der Waals surface area contributed by atoms with Crippen LogP contribution in [-0.2, 0) is 13.6 Å². The fraction of sp³-hybridized carbons (Fsp3) is 1.00.